The number of carbonyl (C=O) groups is 1. The standard InChI is InChI=1S/C14H15N3O3S/c18-13-9-3-1-2-4-10(9)15-12(16-13)7-17-5-6-21-8-11(17)14(19)20/h1-4,11H,5-8H2,(H,19,20)(H,15,16,18). The van der Waals surface area contributed by atoms with Gasteiger partial charge in [0.25, 0.3) is 5.56 Å². The van der Waals surface area contributed by atoms with E-state index in [2.05, 4.69) is 9.97 Å². The second-order valence-electron chi connectivity index (χ2n) is 4.93. The molecule has 1 aromatic carbocycles. The van der Waals surface area contributed by atoms with Crippen LogP contribution < -0.4 is 5.56 Å². The van der Waals surface area contributed by atoms with Gasteiger partial charge >= 0.3 is 5.97 Å². The summed E-state index contributed by atoms with van der Waals surface area (Å²) in [5.74, 6) is 1.14. The van der Waals surface area contributed by atoms with Gasteiger partial charge in [0.2, 0.25) is 0 Å². The summed E-state index contributed by atoms with van der Waals surface area (Å²) in [7, 11) is 0. The van der Waals surface area contributed by atoms with Gasteiger partial charge in [-0.15, -0.1) is 0 Å². The van der Waals surface area contributed by atoms with Crippen molar-refractivity contribution in [1.29, 1.82) is 0 Å². The number of para-hydroxylation sites is 1. The highest BCUT2D eigenvalue weighted by molar-refractivity contribution is 7.99. The molecule has 1 aliphatic heterocycles. The Labute approximate surface area is 125 Å². The van der Waals surface area contributed by atoms with Crippen molar-refractivity contribution in [1.82, 2.24) is 14.9 Å². The summed E-state index contributed by atoms with van der Waals surface area (Å²) in [5, 5.41) is 9.81. The van der Waals surface area contributed by atoms with E-state index in [9.17, 15) is 14.7 Å². The number of carboxylic acids is 1. The number of benzene rings is 1. The van der Waals surface area contributed by atoms with Crippen LogP contribution in [0.4, 0.5) is 0 Å². The molecule has 0 saturated carbocycles. The van der Waals surface area contributed by atoms with Gasteiger partial charge in [0.05, 0.1) is 17.4 Å². The van der Waals surface area contributed by atoms with E-state index in [1.165, 1.54) is 0 Å². The number of fused-ring (bicyclic) bond motifs is 1. The van der Waals surface area contributed by atoms with Crippen LogP contribution in [0.1, 0.15) is 5.82 Å². The Morgan fingerprint density at radius 3 is 3.10 bits per heavy atom. The maximum atomic E-state index is 12.0. The Hall–Kier alpha value is -1.86. The van der Waals surface area contributed by atoms with Gasteiger partial charge in [-0.25, -0.2) is 4.98 Å². The Kier molecular flexibility index (Phi) is 3.94. The van der Waals surface area contributed by atoms with E-state index in [0.717, 1.165) is 5.75 Å². The third-order valence-corrected chi connectivity index (χ3v) is 4.56. The zero-order chi connectivity index (χ0) is 14.8. The van der Waals surface area contributed by atoms with E-state index in [1.807, 2.05) is 11.0 Å². The van der Waals surface area contributed by atoms with Crippen molar-refractivity contribution in [3.63, 3.8) is 0 Å². The molecule has 1 aromatic heterocycles. The number of hydrogen-bond donors (Lipinski definition) is 2. The quantitative estimate of drug-likeness (QED) is 0.877. The molecule has 0 amide bonds. The molecule has 2 aromatic rings. The largest absolute Gasteiger partial charge is 0.480 e. The van der Waals surface area contributed by atoms with Crippen LogP contribution in [-0.2, 0) is 11.3 Å². The second-order valence-corrected chi connectivity index (χ2v) is 6.08. The van der Waals surface area contributed by atoms with Gasteiger partial charge in [0.1, 0.15) is 11.9 Å². The molecule has 3 rings (SSSR count). The van der Waals surface area contributed by atoms with E-state index in [-0.39, 0.29) is 5.56 Å². The van der Waals surface area contributed by atoms with Crippen LogP contribution in [0.5, 0.6) is 0 Å². The van der Waals surface area contributed by atoms with Crippen LogP contribution in [0.2, 0.25) is 0 Å². The summed E-state index contributed by atoms with van der Waals surface area (Å²) in [5.41, 5.74) is 0.448. The van der Waals surface area contributed by atoms with Gasteiger partial charge in [-0.1, -0.05) is 12.1 Å². The molecular weight excluding hydrogens is 290 g/mol. The van der Waals surface area contributed by atoms with Crippen LogP contribution in [0.15, 0.2) is 29.1 Å². The highest BCUT2D eigenvalue weighted by atomic mass is 32.2. The van der Waals surface area contributed by atoms with Gasteiger partial charge in [0, 0.05) is 18.1 Å². The maximum Gasteiger partial charge on any atom is 0.321 e. The lowest BCUT2D eigenvalue weighted by atomic mass is 10.2. The van der Waals surface area contributed by atoms with Gasteiger partial charge in [-0.2, -0.15) is 11.8 Å². The first kappa shape index (κ1) is 14.1. The minimum atomic E-state index is -0.828. The first-order chi connectivity index (χ1) is 10.1. The molecule has 0 bridgehead atoms. The average molecular weight is 305 g/mol. The minimum Gasteiger partial charge on any atom is -0.480 e. The second kappa shape index (κ2) is 5.87. The number of aliphatic carboxylic acids is 1. The van der Waals surface area contributed by atoms with Crippen LogP contribution in [0.3, 0.4) is 0 Å². The molecule has 2 heterocycles. The monoisotopic (exact) mass is 305 g/mol. The number of aromatic nitrogens is 2. The number of carboxylic acid groups (broad SMARTS) is 1. The predicted molar refractivity (Wildman–Crippen MR) is 81.5 cm³/mol. The van der Waals surface area contributed by atoms with Crippen molar-refractivity contribution in [2.24, 2.45) is 0 Å². The Morgan fingerprint density at radius 1 is 1.48 bits per heavy atom. The SMILES string of the molecule is O=C(O)C1CSCCN1Cc1nc2ccccc2c(=O)[nH]1. The summed E-state index contributed by atoms with van der Waals surface area (Å²) in [4.78, 5) is 32.3. The number of nitrogens with zero attached hydrogens (tertiary/aromatic N) is 2. The van der Waals surface area contributed by atoms with Crippen molar-refractivity contribution in [3.05, 3.63) is 40.4 Å². The third kappa shape index (κ3) is 2.93. The van der Waals surface area contributed by atoms with E-state index in [1.54, 1.807) is 30.0 Å². The normalized spacial score (nSPS) is 19.7. The molecular formula is C14H15N3O3S. The predicted octanol–water partition coefficient (Wildman–Crippen LogP) is 0.925. The van der Waals surface area contributed by atoms with Crippen molar-refractivity contribution in [2.45, 2.75) is 12.6 Å². The number of thioether (sulfide) groups is 1. The molecule has 1 aliphatic rings. The fourth-order valence-corrected chi connectivity index (χ4v) is 3.56. The number of H-pyrrole nitrogens is 1. The number of nitrogens with one attached hydrogen (secondary N) is 1. The number of rotatable bonds is 3. The lowest BCUT2D eigenvalue weighted by Gasteiger charge is -2.31. The summed E-state index contributed by atoms with van der Waals surface area (Å²) >= 11 is 1.64. The van der Waals surface area contributed by atoms with E-state index < -0.39 is 12.0 Å². The molecule has 1 fully saturated rings. The Balaban J connectivity index is 1.90. The van der Waals surface area contributed by atoms with Gasteiger partial charge in [-0.05, 0) is 12.1 Å². The molecule has 2 N–H and O–H groups in total. The highest BCUT2D eigenvalue weighted by Crippen LogP contribution is 2.18. The lowest BCUT2D eigenvalue weighted by Crippen LogP contribution is -2.47. The smallest absolute Gasteiger partial charge is 0.321 e. The van der Waals surface area contributed by atoms with E-state index in [4.69, 9.17) is 0 Å². The molecule has 7 heteroatoms. The summed E-state index contributed by atoms with van der Waals surface area (Å²) in [6, 6.07) is 6.61. The van der Waals surface area contributed by atoms with Crippen LogP contribution >= 0.6 is 11.8 Å². The van der Waals surface area contributed by atoms with Crippen molar-refractivity contribution >= 4 is 28.6 Å². The Bertz CT molecular complexity index is 731. The average Bonchev–Trinajstić information content (AvgIpc) is 2.47. The summed E-state index contributed by atoms with van der Waals surface area (Å²) < 4.78 is 0. The van der Waals surface area contributed by atoms with Crippen molar-refractivity contribution < 1.29 is 9.90 Å². The lowest BCUT2D eigenvalue weighted by molar-refractivity contribution is -0.142. The summed E-state index contributed by atoms with van der Waals surface area (Å²) in [6.45, 7) is 1.02. The first-order valence-corrected chi connectivity index (χ1v) is 7.83. The Morgan fingerprint density at radius 2 is 2.29 bits per heavy atom. The molecule has 0 aliphatic carbocycles. The van der Waals surface area contributed by atoms with Gasteiger partial charge in [0.15, 0.2) is 0 Å². The topological polar surface area (TPSA) is 86.3 Å². The van der Waals surface area contributed by atoms with Crippen LogP contribution in [0.25, 0.3) is 10.9 Å². The van der Waals surface area contributed by atoms with Crippen LogP contribution in [0, 0.1) is 0 Å². The molecule has 21 heavy (non-hydrogen) atoms. The third-order valence-electron chi connectivity index (χ3n) is 3.54. The van der Waals surface area contributed by atoms with Gasteiger partial charge < -0.3 is 10.1 Å². The zero-order valence-electron chi connectivity index (χ0n) is 11.3. The molecule has 1 saturated heterocycles. The maximum absolute atomic E-state index is 12.0. The first-order valence-electron chi connectivity index (χ1n) is 6.67. The van der Waals surface area contributed by atoms with Crippen molar-refractivity contribution in [2.75, 3.05) is 18.1 Å². The fourth-order valence-electron chi connectivity index (χ4n) is 2.46. The molecule has 1 unspecified atom stereocenters. The highest BCUT2D eigenvalue weighted by Gasteiger charge is 2.29. The van der Waals surface area contributed by atoms with E-state index >= 15 is 0 Å². The van der Waals surface area contributed by atoms with Crippen molar-refractivity contribution in [3.8, 4) is 0 Å². The minimum absolute atomic E-state index is 0.186. The summed E-state index contributed by atoms with van der Waals surface area (Å²) in [6.07, 6.45) is 0. The van der Waals surface area contributed by atoms with Gasteiger partial charge in [-0.3, -0.25) is 14.5 Å². The molecule has 110 valence electrons. The van der Waals surface area contributed by atoms with E-state index in [0.29, 0.717) is 35.6 Å². The molecule has 0 spiro atoms. The molecule has 1 atom stereocenters. The zero-order valence-corrected chi connectivity index (χ0v) is 12.1. The number of aromatic amines is 1. The molecule has 0 radical (unpaired) electrons. The fraction of sp³-hybridized carbons (Fsp3) is 0.357. The molecule has 6 nitrogen and oxygen atoms in total. The number of hydrogen-bond acceptors (Lipinski definition) is 5. The van der Waals surface area contributed by atoms with Crippen LogP contribution in [-0.4, -0.2) is 50.0 Å².